The van der Waals surface area contributed by atoms with Gasteiger partial charge in [-0.1, -0.05) is 121 Å². The number of hydrogen-bond acceptors (Lipinski definition) is 4. The van der Waals surface area contributed by atoms with Crippen molar-refractivity contribution in [3.63, 3.8) is 0 Å². The Labute approximate surface area is 224 Å². The number of rotatable bonds is 6. The third-order valence-electron chi connectivity index (χ3n) is 4.79. The van der Waals surface area contributed by atoms with Gasteiger partial charge in [0.15, 0.2) is 11.6 Å². The molecule has 4 nitrogen and oxygen atoms in total. The summed E-state index contributed by atoms with van der Waals surface area (Å²) in [6, 6.07) is 35.7. The summed E-state index contributed by atoms with van der Waals surface area (Å²) in [6.07, 6.45) is 2.48. The van der Waals surface area contributed by atoms with Crippen molar-refractivity contribution in [2.45, 2.75) is 0 Å². The molecule has 0 saturated heterocycles. The molecule has 4 aromatic rings. The number of hydrogen-bond donors (Lipinski definition) is 2. The van der Waals surface area contributed by atoms with Gasteiger partial charge in [0.25, 0.3) is 0 Å². The van der Waals surface area contributed by atoms with Gasteiger partial charge in [-0.3, -0.25) is 9.59 Å². The molecule has 0 aliphatic rings. The maximum atomic E-state index is 11.8. The van der Waals surface area contributed by atoms with E-state index in [1.165, 1.54) is 12.2 Å². The number of benzene rings is 4. The summed E-state index contributed by atoms with van der Waals surface area (Å²) in [5.74, 6) is -0.433. The Bertz CT molecular complexity index is 1190. The van der Waals surface area contributed by atoms with Gasteiger partial charge in [0.1, 0.15) is 11.5 Å². The van der Waals surface area contributed by atoms with Crippen LogP contribution in [0.25, 0.3) is 11.5 Å². The molecule has 0 aromatic heterocycles. The molecule has 0 bridgehead atoms. The minimum atomic E-state index is -2.50. The molecule has 0 aliphatic carbocycles. The van der Waals surface area contributed by atoms with Gasteiger partial charge in [-0.05, 0) is 0 Å². The number of carbonyl (C=O) groups excluding carboxylic acids is 2. The molecule has 7 heteroatoms. The molecule has 0 atom stereocenters. The summed E-state index contributed by atoms with van der Waals surface area (Å²) >= 11 is -2.50. The first-order chi connectivity index (χ1) is 18.0. The summed E-state index contributed by atoms with van der Waals surface area (Å²) in [4.78, 5) is 23.6. The second-order valence-electron chi connectivity index (χ2n) is 7.32. The molecule has 0 spiro atoms. The third-order valence-corrected chi connectivity index (χ3v) is 4.79. The number of allylic oxidation sites excluding steroid dienone is 2. The van der Waals surface area contributed by atoms with E-state index in [4.69, 9.17) is 0 Å². The second-order valence-corrected chi connectivity index (χ2v) is 7.55. The van der Waals surface area contributed by atoms with E-state index in [2.05, 4.69) is 0 Å². The van der Waals surface area contributed by atoms with Gasteiger partial charge >= 0.3 is 26.4 Å². The fraction of sp³-hybridized carbons (Fsp3) is 0. The van der Waals surface area contributed by atoms with Crippen LogP contribution in [-0.4, -0.2) is 21.8 Å². The molecule has 0 saturated carbocycles. The quantitative estimate of drug-likeness (QED) is 0.115. The van der Waals surface area contributed by atoms with Crippen LogP contribution in [0.2, 0.25) is 0 Å². The Morgan fingerprint density at radius 2 is 0.703 bits per heavy atom. The van der Waals surface area contributed by atoms with E-state index >= 15 is 0 Å². The maximum absolute atomic E-state index is 11.8. The first kappa shape index (κ1) is 29.1. The normalized spacial score (nSPS) is 10.6. The number of aliphatic hydroxyl groups excluding tert-OH is 2. The third kappa shape index (κ3) is 10.6. The zero-order valence-corrected chi connectivity index (χ0v) is 21.2. The van der Waals surface area contributed by atoms with Crippen molar-refractivity contribution in [2.24, 2.45) is 0 Å². The van der Waals surface area contributed by atoms with Gasteiger partial charge < -0.3 is 10.2 Å². The molecule has 2 N–H and O–H groups in total. The summed E-state index contributed by atoms with van der Waals surface area (Å²) < 4.78 is 19.5. The van der Waals surface area contributed by atoms with Crippen LogP contribution in [0.5, 0.6) is 0 Å². The van der Waals surface area contributed by atoms with Crippen molar-refractivity contribution in [3.8, 4) is 0 Å². The minimum absolute atomic E-state index is 0.0144. The van der Waals surface area contributed by atoms with Crippen molar-refractivity contribution in [2.75, 3.05) is 0 Å². The first-order valence-electron chi connectivity index (χ1n) is 11.0. The Hall–Kier alpha value is -4.13. The molecule has 4 rings (SSSR count). The van der Waals surface area contributed by atoms with Crippen LogP contribution in [0.1, 0.15) is 31.8 Å². The molecular formula is C30H24F2O4Ti. The Kier molecular flexibility index (Phi) is 13.0. The molecule has 0 unspecified atom stereocenters. The van der Waals surface area contributed by atoms with Crippen LogP contribution in [-0.2, 0) is 20.2 Å². The van der Waals surface area contributed by atoms with Crippen molar-refractivity contribution in [1.29, 1.82) is 0 Å². The van der Waals surface area contributed by atoms with Crippen molar-refractivity contribution in [3.05, 3.63) is 156 Å². The number of halogens is 2. The number of carbonyl (C=O) groups is 2. The van der Waals surface area contributed by atoms with E-state index in [1.54, 1.807) is 72.8 Å². The standard InChI is InChI=1S/2C15H12O2.2FH.Ti/c2*16-14(12-7-3-1-4-8-12)11-15(17)13-9-5-2-6-10-13;;;/h2*1-11,16H;2*1H;/q;;;;+2/p-2/b2*14-11-;;;. The molecule has 186 valence electrons. The molecule has 0 radical (unpaired) electrons. The average molecular weight is 534 g/mol. The molecule has 0 fully saturated rings. The average Bonchev–Trinajstić information content (AvgIpc) is 2.95. The fourth-order valence-corrected chi connectivity index (χ4v) is 3.00. The van der Waals surface area contributed by atoms with Crippen molar-refractivity contribution >= 4 is 23.1 Å². The van der Waals surface area contributed by atoms with Gasteiger partial charge in [-0.15, -0.1) is 0 Å². The Balaban J connectivity index is 0.000000235. The predicted molar refractivity (Wildman–Crippen MR) is 138 cm³/mol. The molecule has 0 amide bonds. The van der Waals surface area contributed by atoms with Gasteiger partial charge in [0.05, 0.1) is 0 Å². The number of aliphatic hydroxyl groups is 2. The van der Waals surface area contributed by atoms with E-state index in [0.29, 0.717) is 22.3 Å². The zero-order valence-electron chi connectivity index (χ0n) is 19.7. The second kappa shape index (κ2) is 16.5. The summed E-state index contributed by atoms with van der Waals surface area (Å²) in [5.41, 5.74) is 2.40. The van der Waals surface area contributed by atoms with Crippen molar-refractivity contribution in [1.82, 2.24) is 0 Å². The van der Waals surface area contributed by atoms with E-state index in [9.17, 15) is 26.0 Å². The van der Waals surface area contributed by atoms with Crippen LogP contribution in [0.3, 0.4) is 0 Å². The molecular weight excluding hydrogens is 510 g/mol. The van der Waals surface area contributed by atoms with Crippen LogP contribution < -0.4 is 0 Å². The predicted octanol–water partition coefficient (Wildman–Crippen LogP) is 7.77. The molecule has 0 heterocycles. The van der Waals surface area contributed by atoms with Gasteiger partial charge in [-0.25, -0.2) is 0 Å². The van der Waals surface area contributed by atoms with E-state index in [-0.39, 0.29) is 23.1 Å². The molecule has 37 heavy (non-hydrogen) atoms. The zero-order chi connectivity index (χ0) is 26.9. The van der Waals surface area contributed by atoms with Crippen molar-refractivity contribution < 1.29 is 46.2 Å². The first-order valence-corrected chi connectivity index (χ1v) is 12.2. The SMILES string of the molecule is O=C(/C=C(\O)c1ccccc1)c1ccccc1.O=C(/C=C(\O)c1ccccc1)c1ccccc1.[F][Ti][F]. The van der Waals surface area contributed by atoms with Gasteiger partial charge in [0, 0.05) is 34.4 Å². The van der Waals surface area contributed by atoms with Crippen LogP contribution in [0, 0.1) is 0 Å². The fourth-order valence-electron chi connectivity index (χ4n) is 3.00. The Morgan fingerprint density at radius 3 is 0.946 bits per heavy atom. The van der Waals surface area contributed by atoms with Crippen LogP contribution in [0.4, 0.5) is 6.18 Å². The Morgan fingerprint density at radius 1 is 0.486 bits per heavy atom. The molecule has 0 aliphatic heterocycles. The van der Waals surface area contributed by atoms with Crippen LogP contribution >= 0.6 is 0 Å². The van der Waals surface area contributed by atoms with E-state index in [1.807, 2.05) is 48.5 Å². The molecule has 4 aromatic carbocycles. The van der Waals surface area contributed by atoms with Gasteiger partial charge in [-0.2, -0.15) is 0 Å². The van der Waals surface area contributed by atoms with E-state index in [0.717, 1.165) is 0 Å². The summed E-state index contributed by atoms with van der Waals surface area (Å²) in [6.45, 7) is 0. The van der Waals surface area contributed by atoms with E-state index < -0.39 is 20.2 Å². The monoisotopic (exact) mass is 534 g/mol. The summed E-state index contributed by atoms with van der Waals surface area (Å²) in [5, 5.41) is 19.6. The summed E-state index contributed by atoms with van der Waals surface area (Å²) in [7, 11) is 0. The topological polar surface area (TPSA) is 74.6 Å². The van der Waals surface area contributed by atoms with Gasteiger partial charge in [0.2, 0.25) is 0 Å². The van der Waals surface area contributed by atoms with Crippen LogP contribution in [0.15, 0.2) is 133 Å². The number of ketones is 2.